The van der Waals surface area contributed by atoms with Crippen molar-refractivity contribution in [3.05, 3.63) is 34.9 Å². The number of ether oxygens (including phenoxy) is 1. The van der Waals surface area contributed by atoms with Gasteiger partial charge in [0.1, 0.15) is 0 Å². The van der Waals surface area contributed by atoms with Crippen LogP contribution in [0.15, 0.2) is 18.2 Å². The summed E-state index contributed by atoms with van der Waals surface area (Å²) < 4.78 is 6.07. The van der Waals surface area contributed by atoms with Gasteiger partial charge in [-0.15, -0.1) is 0 Å². The van der Waals surface area contributed by atoms with Gasteiger partial charge in [-0.1, -0.05) is 49.1 Å². The second kappa shape index (κ2) is 6.53. The number of hydrogen-bond donors (Lipinski definition) is 1. The number of benzene rings is 1. The summed E-state index contributed by atoms with van der Waals surface area (Å²) in [7, 11) is 0. The summed E-state index contributed by atoms with van der Waals surface area (Å²) in [5.74, 6) is 0.681. The van der Waals surface area contributed by atoms with Crippen LogP contribution in [0.4, 0.5) is 0 Å². The first-order valence-electron chi connectivity index (χ1n) is 7.51. The van der Waals surface area contributed by atoms with E-state index in [0.29, 0.717) is 18.6 Å². The predicted molar refractivity (Wildman–Crippen MR) is 80.2 cm³/mol. The summed E-state index contributed by atoms with van der Waals surface area (Å²) in [5.41, 5.74) is 10.0. The van der Waals surface area contributed by atoms with Crippen molar-refractivity contribution in [1.29, 1.82) is 0 Å². The molecule has 2 N–H and O–H groups in total. The van der Waals surface area contributed by atoms with Gasteiger partial charge in [0.2, 0.25) is 0 Å². The highest BCUT2D eigenvalue weighted by atomic mass is 16.5. The Hall–Kier alpha value is -0.860. The molecule has 3 atom stereocenters. The zero-order valence-corrected chi connectivity index (χ0v) is 12.5. The Morgan fingerprint density at radius 1 is 1.16 bits per heavy atom. The van der Waals surface area contributed by atoms with E-state index in [9.17, 15) is 0 Å². The van der Waals surface area contributed by atoms with Gasteiger partial charge in [-0.25, -0.2) is 0 Å². The molecule has 0 radical (unpaired) electrons. The zero-order valence-electron chi connectivity index (χ0n) is 12.5. The van der Waals surface area contributed by atoms with Gasteiger partial charge in [0.25, 0.3) is 0 Å². The number of aryl methyl sites for hydroxylation is 2. The maximum atomic E-state index is 6.27. The van der Waals surface area contributed by atoms with Crippen LogP contribution < -0.4 is 5.73 Å². The minimum Gasteiger partial charge on any atom is -0.376 e. The lowest BCUT2D eigenvalue weighted by Gasteiger charge is -2.29. The molecular formula is C17H27NO. The van der Waals surface area contributed by atoms with Crippen LogP contribution >= 0.6 is 0 Å². The molecule has 0 aliphatic heterocycles. The molecule has 2 rings (SSSR count). The van der Waals surface area contributed by atoms with Crippen LogP contribution in [0.1, 0.15) is 55.3 Å². The van der Waals surface area contributed by atoms with Crippen molar-refractivity contribution in [3.63, 3.8) is 0 Å². The van der Waals surface area contributed by atoms with Gasteiger partial charge in [0, 0.05) is 0 Å². The lowest BCUT2D eigenvalue weighted by molar-refractivity contribution is -0.0113. The van der Waals surface area contributed by atoms with E-state index in [4.69, 9.17) is 10.5 Å². The monoisotopic (exact) mass is 261 g/mol. The van der Waals surface area contributed by atoms with E-state index in [1.807, 2.05) is 0 Å². The molecule has 2 heteroatoms. The molecule has 0 saturated heterocycles. The molecule has 1 saturated carbocycles. The second-order valence-electron chi connectivity index (χ2n) is 6.16. The molecule has 1 aromatic carbocycles. The Bertz CT molecular complexity index is 395. The van der Waals surface area contributed by atoms with Crippen molar-refractivity contribution < 1.29 is 4.74 Å². The third-order valence-electron chi connectivity index (χ3n) is 4.19. The molecule has 1 aromatic rings. The first-order valence-corrected chi connectivity index (χ1v) is 7.51. The van der Waals surface area contributed by atoms with Crippen LogP contribution in [-0.4, -0.2) is 12.7 Å². The summed E-state index contributed by atoms with van der Waals surface area (Å²) in [5, 5.41) is 0. The molecule has 1 fully saturated rings. The molecular weight excluding hydrogens is 234 g/mol. The average molecular weight is 261 g/mol. The fourth-order valence-electron chi connectivity index (χ4n) is 3.08. The zero-order chi connectivity index (χ0) is 13.8. The topological polar surface area (TPSA) is 35.2 Å². The summed E-state index contributed by atoms with van der Waals surface area (Å²) in [4.78, 5) is 0. The van der Waals surface area contributed by atoms with E-state index in [0.717, 1.165) is 0 Å². The van der Waals surface area contributed by atoms with Crippen LogP contribution in [0.5, 0.6) is 0 Å². The summed E-state index contributed by atoms with van der Waals surface area (Å²) in [6.07, 6.45) is 5.55. The molecule has 19 heavy (non-hydrogen) atoms. The van der Waals surface area contributed by atoms with Crippen molar-refractivity contribution in [2.24, 2.45) is 11.7 Å². The maximum Gasteiger partial charge on any atom is 0.0663 e. The normalized spacial score (nSPS) is 25.3. The Labute approximate surface area is 117 Å². The van der Waals surface area contributed by atoms with Gasteiger partial charge in [0.05, 0.1) is 18.8 Å². The van der Waals surface area contributed by atoms with Crippen LogP contribution in [0, 0.1) is 19.8 Å². The predicted octanol–water partition coefficient (Wildman–Crippen LogP) is 3.90. The van der Waals surface area contributed by atoms with E-state index < -0.39 is 0 Å². The minimum absolute atomic E-state index is 0.00673. The van der Waals surface area contributed by atoms with E-state index in [1.54, 1.807) is 0 Å². The van der Waals surface area contributed by atoms with Crippen molar-refractivity contribution in [2.45, 2.75) is 58.6 Å². The molecule has 0 aromatic heterocycles. The van der Waals surface area contributed by atoms with Gasteiger partial charge in [-0.05, 0) is 38.2 Å². The van der Waals surface area contributed by atoms with Gasteiger partial charge in [-0.2, -0.15) is 0 Å². The molecule has 0 bridgehead atoms. The standard InChI is InChI=1S/C17H27NO/c1-12-8-13(2)10-15(9-12)16(18)11-19-17-7-5-4-6-14(17)3/h8-10,14,16-17H,4-7,11,18H2,1-3H3. The maximum absolute atomic E-state index is 6.27. The van der Waals surface area contributed by atoms with E-state index >= 15 is 0 Å². The van der Waals surface area contributed by atoms with Crippen LogP contribution in [0.25, 0.3) is 0 Å². The van der Waals surface area contributed by atoms with E-state index in [2.05, 4.69) is 39.0 Å². The van der Waals surface area contributed by atoms with Crippen molar-refractivity contribution in [1.82, 2.24) is 0 Å². The molecule has 0 spiro atoms. The Kier molecular flexibility index (Phi) is 5.00. The van der Waals surface area contributed by atoms with Crippen molar-refractivity contribution in [3.8, 4) is 0 Å². The molecule has 0 heterocycles. The smallest absolute Gasteiger partial charge is 0.0663 e. The van der Waals surface area contributed by atoms with Gasteiger partial charge in [0.15, 0.2) is 0 Å². The number of rotatable bonds is 4. The fraction of sp³-hybridized carbons (Fsp3) is 0.647. The Morgan fingerprint density at radius 2 is 1.79 bits per heavy atom. The van der Waals surface area contributed by atoms with Gasteiger partial charge in [-0.3, -0.25) is 0 Å². The lowest BCUT2D eigenvalue weighted by atomic mass is 9.88. The van der Waals surface area contributed by atoms with Gasteiger partial charge >= 0.3 is 0 Å². The molecule has 2 nitrogen and oxygen atoms in total. The summed E-state index contributed by atoms with van der Waals surface area (Å²) in [6, 6.07) is 6.52. The number of hydrogen-bond acceptors (Lipinski definition) is 2. The number of nitrogens with two attached hydrogens (primary N) is 1. The highest BCUT2D eigenvalue weighted by Gasteiger charge is 2.22. The highest BCUT2D eigenvalue weighted by molar-refractivity contribution is 5.30. The molecule has 106 valence electrons. The van der Waals surface area contributed by atoms with E-state index in [-0.39, 0.29) is 6.04 Å². The molecule has 0 amide bonds. The third kappa shape index (κ3) is 4.05. The molecule has 1 aliphatic rings. The first-order chi connectivity index (χ1) is 9.06. The van der Waals surface area contributed by atoms with Crippen molar-refractivity contribution in [2.75, 3.05) is 6.61 Å². The van der Waals surface area contributed by atoms with Crippen LogP contribution in [-0.2, 0) is 4.74 Å². The second-order valence-corrected chi connectivity index (χ2v) is 6.16. The summed E-state index contributed by atoms with van der Waals surface area (Å²) in [6.45, 7) is 7.17. The Morgan fingerprint density at radius 3 is 2.42 bits per heavy atom. The fourth-order valence-corrected chi connectivity index (χ4v) is 3.08. The lowest BCUT2D eigenvalue weighted by Crippen LogP contribution is -2.29. The minimum atomic E-state index is -0.00673. The van der Waals surface area contributed by atoms with Crippen LogP contribution in [0.3, 0.4) is 0 Å². The molecule has 3 unspecified atom stereocenters. The van der Waals surface area contributed by atoms with E-state index in [1.165, 1.54) is 42.4 Å². The van der Waals surface area contributed by atoms with Crippen LogP contribution in [0.2, 0.25) is 0 Å². The average Bonchev–Trinajstić information content (AvgIpc) is 2.36. The third-order valence-corrected chi connectivity index (χ3v) is 4.19. The largest absolute Gasteiger partial charge is 0.376 e. The Balaban J connectivity index is 1.91. The first kappa shape index (κ1) is 14.5. The highest BCUT2D eigenvalue weighted by Crippen LogP contribution is 2.27. The van der Waals surface area contributed by atoms with Gasteiger partial charge < -0.3 is 10.5 Å². The summed E-state index contributed by atoms with van der Waals surface area (Å²) >= 11 is 0. The SMILES string of the molecule is Cc1cc(C)cc(C(N)COC2CCCCC2C)c1. The molecule has 1 aliphatic carbocycles. The quantitative estimate of drug-likeness (QED) is 0.892. The van der Waals surface area contributed by atoms with Crippen molar-refractivity contribution >= 4 is 0 Å².